The van der Waals surface area contributed by atoms with Gasteiger partial charge in [-0.15, -0.1) is 0 Å². The van der Waals surface area contributed by atoms with Crippen LogP contribution < -0.4 is 0 Å². The molecule has 1 aliphatic rings. The van der Waals surface area contributed by atoms with E-state index in [4.69, 9.17) is 4.74 Å². The summed E-state index contributed by atoms with van der Waals surface area (Å²) < 4.78 is 6.44. The van der Waals surface area contributed by atoms with Crippen molar-refractivity contribution in [2.45, 2.75) is 25.7 Å². The molecule has 2 aromatic rings. The Hall–Kier alpha value is -1.16. The Morgan fingerprint density at radius 3 is 2.79 bits per heavy atom. The third-order valence-electron chi connectivity index (χ3n) is 3.45. The molecule has 2 nitrogen and oxygen atoms in total. The highest BCUT2D eigenvalue weighted by Gasteiger charge is 2.15. The third kappa shape index (κ3) is 2.89. The second-order valence-electron chi connectivity index (χ2n) is 4.87. The Balaban J connectivity index is 1.78. The number of rotatable bonds is 3. The van der Waals surface area contributed by atoms with Gasteiger partial charge in [-0.05, 0) is 34.4 Å². The van der Waals surface area contributed by atoms with E-state index in [1.165, 1.54) is 11.1 Å². The minimum atomic E-state index is -0.472. The first-order chi connectivity index (χ1) is 9.22. The number of fused-ring (bicyclic) bond motifs is 1. The highest BCUT2D eigenvalue weighted by atomic mass is 79.9. The molecule has 1 aliphatic heterocycles. The van der Waals surface area contributed by atoms with E-state index in [0.29, 0.717) is 19.6 Å². The van der Waals surface area contributed by atoms with Gasteiger partial charge in [0.2, 0.25) is 0 Å². The first-order valence-electron chi connectivity index (χ1n) is 6.34. The molecule has 1 N–H and O–H groups in total. The molecule has 0 saturated heterocycles. The molecule has 1 heterocycles. The van der Waals surface area contributed by atoms with Crippen LogP contribution in [0.3, 0.4) is 0 Å². The molecule has 19 heavy (non-hydrogen) atoms. The lowest BCUT2D eigenvalue weighted by Gasteiger charge is -2.12. The molecule has 0 radical (unpaired) electrons. The molecule has 3 heteroatoms. The topological polar surface area (TPSA) is 29.5 Å². The van der Waals surface area contributed by atoms with Crippen molar-refractivity contribution in [2.75, 3.05) is 0 Å². The Labute approximate surface area is 121 Å². The van der Waals surface area contributed by atoms with Gasteiger partial charge in [0.05, 0.1) is 19.3 Å². The summed E-state index contributed by atoms with van der Waals surface area (Å²) in [5, 5.41) is 10.3. The Morgan fingerprint density at radius 2 is 1.95 bits per heavy atom. The van der Waals surface area contributed by atoms with Gasteiger partial charge in [-0.2, -0.15) is 0 Å². The second-order valence-corrected chi connectivity index (χ2v) is 5.79. The van der Waals surface area contributed by atoms with Crippen LogP contribution >= 0.6 is 15.9 Å². The van der Waals surface area contributed by atoms with Crippen LogP contribution in [0, 0.1) is 0 Å². The molecule has 98 valence electrons. The number of benzene rings is 2. The molecule has 0 amide bonds. The molecule has 0 aliphatic carbocycles. The van der Waals surface area contributed by atoms with Crippen LogP contribution in [0.1, 0.15) is 28.4 Å². The SMILES string of the molecule is OC(Cc1cccc(Br)c1)c1ccc2c(c1)COC2. The Bertz CT molecular complexity index is 595. The maximum Gasteiger partial charge on any atom is 0.0830 e. The van der Waals surface area contributed by atoms with Gasteiger partial charge in [0.1, 0.15) is 0 Å². The molecule has 0 fully saturated rings. The standard InChI is InChI=1S/C16H15BrO2/c17-15-3-1-2-11(6-15)7-16(18)12-4-5-13-9-19-10-14(13)8-12/h1-6,8,16,18H,7,9-10H2. The predicted molar refractivity (Wildman–Crippen MR) is 77.7 cm³/mol. The summed E-state index contributed by atoms with van der Waals surface area (Å²) in [5.74, 6) is 0. The summed E-state index contributed by atoms with van der Waals surface area (Å²) in [6, 6.07) is 14.2. The largest absolute Gasteiger partial charge is 0.388 e. The summed E-state index contributed by atoms with van der Waals surface area (Å²) in [6.45, 7) is 1.35. The smallest absolute Gasteiger partial charge is 0.0830 e. The first kappa shape index (κ1) is 12.9. The molecule has 0 saturated carbocycles. The summed E-state index contributed by atoms with van der Waals surface area (Å²) in [7, 11) is 0. The molecule has 0 bridgehead atoms. The fourth-order valence-corrected chi connectivity index (χ4v) is 2.85. The van der Waals surface area contributed by atoms with Crippen LogP contribution in [0.15, 0.2) is 46.9 Å². The number of hydrogen-bond donors (Lipinski definition) is 1. The van der Waals surface area contributed by atoms with E-state index in [2.05, 4.69) is 28.1 Å². The van der Waals surface area contributed by atoms with E-state index in [1.807, 2.05) is 30.3 Å². The van der Waals surface area contributed by atoms with Gasteiger partial charge in [-0.1, -0.05) is 46.3 Å². The minimum Gasteiger partial charge on any atom is -0.388 e. The number of aliphatic hydroxyl groups is 1. The van der Waals surface area contributed by atoms with E-state index in [0.717, 1.165) is 15.6 Å². The molecule has 2 aromatic carbocycles. The number of hydrogen-bond acceptors (Lipinski definition) is 2. The molecular formula is C16H15BrO2. The van der Waals surface area contributed by atoms with Crippen LogP contribution in [0.4, 0.5) is 0 Å². The zero-order chi connectivity index (χ0) is 13.2. The monoisotopic (exact) mass is 318 g/mol. The zero-order valence-electron chi connectivity index (χ0n) is 10.5. The van der Waals surface area contributed by atoms with Crippen LogP contribution in [0.5, 0.6) is 0 Å². The highest BCUT2D eigenvalue weighted by Crippen LogP contribution is 2.26. The molecular weight excluding hydrogens is 304 g/mol. The lowest BCUT2D eigenvalue weighted by molar-refractivity contribution is 0.134. The average Bonchev–Trinajstić information content (AvgIpc) is 2.85. The van der Waals surface area contributed by atoms with Crippen molar-refractivity contribution in [1.82, 2.24) is 0 Å². The van der Waals surface area contributed by atoms with Crippen molar-refractivity contribution in [1.29, 1.82) is 0 Å². The van der Waals surface area contributed by atoms with E-state index in [-0.39, 0.29) is 0 Å². The van der Waals surface area contributed by atoms with Gasteiger partial charge < -0.3 is 9.84 Å². The van der Waals surface area contributed by atoms with Crippen molar-refractivity contribution in [3.63, 3.8) is 0 Å². The molecule has 1 atom stereocenters. The predicted octanol–water partition coefficient (Wildman–Crippen LogP) is 3.76. The molecule has 0 aromatic heterocycles. The van der Waals surface area contributed by atoms with Crippen LogP contribution in [-0.2, 0) is 24.4 Å². The number of halogens is 1. The second kappa shape index (κ2) is 5.45. The van der Waals surface area contributed by atoms with E-state index in [1.54, 1.807) is 0 Å². The lowest BCUT2D eigenvalue weighted by Crippen LogP contribution is -2.02. The van der Waals surface area contributed by atoms with Crippen LogP contribution in [-0.4, -0.2) is 5.11 Å². The first-order valence-corrected chi connectivity index (χ1v) is 7.13. The van der Waals surface area contributed by atoms with E-state index in [9.17, 15) is 5.11 Å². The van der Waals surface area contributed by atoms with Crippen LogP contribution in [0.2, 0.25) is 0 Å². The maximum absolute atomic E-state index is 10.3. The van der Waals surface area contributed by atoms with Gasteiger partial charge in [0.15, 0.2) is 0 Å². The molecule has 1 unspecified atom stereocenters. The van der Waals surface area contributed by atoms with Gasteiger partial charge in [0, 0.05) is 10.9 Å². The Kier molecular flexibility index (Phi) is 3.69. The highest BCUT2D eigenvalue weighted by molar-refractivity contribution is 9.10. The quantitative estimate of drug-likeness (QED) is 0.933. The third-order valence-corrected chi connectivity index (χ3v) is 3.94. The zero-order valence-corrected chi connectivity index (χ0v) is 12.1. The van der Waals surface area contributed by atoms with Crippen molar-refractivity contribution in [3.8, 4) is 0 Å². The van der Waals surface area contributed by atoms with Gasteiger partial charge >= 0.3 is 0 Å². The maximum atomic E-state index is 10.3. The average molecular weight is 319 g/mol. The summed E-state index contributed by atoms with van der Waals surface area (Å²) >= 11 is 3.45. The van der Waals surface area contributed by atoms with Crippen molar-refractivity contribution < 1.29 is 9.84 Å². The normalized spacial score (nSPS) is 15.3. The van der Waals surface area contributed by atoms with Crippen molar-refractivity contribution in [2.24, 2.45) is 0 Å². The van der Waals surface area contributed by atoms with Crippen LogP contribution in [0.25, 0.3) is 0 Å². The number of aliphatic hydroxyl groups excluding tert-OH is 1. The summed E-state index contributed by atoms with van der Waals surface area (Å²) in [4.78, 5) is 0. The molecule has 0 spiro atoms. The Morgan fingerprint density at radius 1 is 1.11 bits per heavy atom. The fraction of sp³-hybridized carbons (Fsp3) is 0.250. The summed E-state index contributed by atoms with van der Waals surface area (Å²) in [5.41, 5.74) is 4.52. The van der Waals surface area contributed by atoms with Gasteiger partial charge in [0.25, 0.3) is 0 Å². The van der Waals surface area contributed by atoms with E-state index < -0.39 is 6.10 Å². The van der Waals surface area contributed by atoms with Gasteiger partial charge in [-0.25, -0.2) is 0 Å². The molecule has 3 rings (SSSR count). The fourth-order valence-electron chi connectivity index (χ4n) is 2.40. The summed E-state index contributed by atoms with van der Waals surface area (Å²) in [6.07, 6.45) is 0.152. The number of ether oxygens (including phenoxy) is 1. The van der Waals surface area contributed by atoms with Gasteiger partial charge in [-0.3, -0.25) is 0 Å². The lowest BCUT2D eigenvalue weighted by atomic mass is 9.98. The minimum absolute atomic E-state index is 0.472. The van der Waals surface area contributed by atoms with Crippen molar-refractivity contribution in [3.05, 3.63) is 69.2 Å². The van der Waals surface area contributed by atoms with Crippen molar-refractivity contribution >= 4 is 15.9 Å². The van der Waals surface area contributed by atoms with E-state index >= 15 is 0 Å².